The van der Waals surface area contributed by atoms with E-state index >= 15 is 0 Å². The van der Waals surface area contributed by atoms with Gasteiger partial charge < -0.3 is 15.6 Å². The molecule has 5 rings (SSSR count). The number of fused-ring (bicyclic) bond motifs is 2. The van der Waals surface area contributed by atoms with Crippen LogP contribution in [0, 0.1) is 18.8 Å². The minimum atomic E-state index is -0.649. The zero-order valence-electron chi connectivity index (χ0n) is 18.4. The lowest BCUT2D eigenvalue weighted by Crippen LogP contribution is -2.29. The van der Waals surface area contributed by atoms with Gasteiger partial charge in [-0.25, -0.2) is 9.97 Å². The van der Waals surface area contributed by atoms with Crippen LogP contribution in [0.25, 0.3) is 21.8 Å². The van der Waals surface area contributed by atoms with Crippen molar-refractivity contribution in [3.63, 3.8) is 0 Å². The number of nitrogens with two attached hydrogens (primary N) is 1. The van der Waals surface area contributed by atoms with Crippen molar-refractivity contribution in [2.45, 2.75) is 38.6 Å². The number of nitrogens with one attached hydrogen (secondary N) is 1. The Morgan fingerprint density at radius 3 is 2.69 bits per heavy atom. The number of benzene rings is 1. The number of carbonyl (C=O) groups is 1. The molecule has 1 aliphatic rings. The summed E-state index contributed by atoms with van der Waals surface area (Å²) in [5.74, 6) is 7.95. The smallest absolute Gasteiger partial charge is 0.229 e. The van der Waals surface area contributed by atoms with Crippen molar-refractivity contribution in [3.8, 4) is 11.8 Å². The highest BCUT2D eigenvalue weighted by atomic mass is 16.1. The molecule has 32 heavy (non-hydrogen) atoms. The Kier molecular flexibility index (Phi) is 4.59. The molecule has 3 N–H and O–H groups in total. The molecule has 0 unspecified atom stereocenters. The summed E-state index contributed by atoms with van der Waals surface area (Å²) in [5.41, 5.74) is 9.46. The molecular weight excluding hydrogens is 400 g/mol. The maximum absolute atomic E-state index is 12.0. The molecule has 7 nitrogen and oxygen atoms in total. The number of aryl methyl sites for hydroxylation is 2. The van der Waals surface area contributed by atoms with Gasteiger partial charge in [0, 0.05) is 42.3 Å². The van der Waals surface area contributed by atoms with Crippen LogP contribution in [0.5, 0.6) is 0 Å². The van der Waals surface area contributed by atoms with Crippen molar-refractivity contribution in [3.05, 3.63) is 59.3 Å². The van der Waals surface area contributed by atoms with Crippen LogP contribution in [-0.2, 0) is 16.8 Å². The molecule has 1 amide bonds. The SMILES string of the molecule is CCn1c(C)nc2ccc(C#Cc3cnc(NC)c4cnc(C5(C(N)=O)CC5)cc34)cc21. The van der Waals surface area contributed by atoms with Crippen LogP contribution in [0.2, 0.25) is 0 Å². The summed E-state index contributed by atoms with van der Waals surface area (Å²) in [6.07, 6.45) is 4.98. The van der Waals surface area contributed by atoms with Crippen LogP contribution in [0.1, 0.15) is 42.4 Å². The fourth-order valence-electron chi connectivity index (χ4n) is 4.31. The molecule has 160 valence electrons. The highest BCUT2D eigenvalue weighted by Crippen LogP contribution is 2.47. The number of pyridine rings is 2. The molecule has 4 aromatic rings. The predicted molar refractivity (Wildman–Crippen MR) is 125 cm³/mol. The van der Waals surface area contributed by atoms with E-state index in [2.05, 4.69) is 49.7 Å². The van der Waals surface area contributed by atoms with Crippen molar-refractivity contribution >= 4 is 33.5 Å². The monoisotopic (exact) mass is 424 g/mol. The summed E-state index contributed by atoms with van der Waals surface area (Å²) in [6.45, 7) is 4.98. The van der Waals surface area contributed by atoms with Gasteiger partial charge in [-0.3, -0.25) is 9.78 Å². The molecule has 1 saturated carbocycles. The Morgan fingerprint density at radius 1 is 1.19 bits per heavy atom. The van der Waals surface area contributed by atoms with Crippen molar-refractivity contribution in [1.82, 2.24) is 19.5 Å². The van der Waals surface area contributed by atoms with Crippen molar-refractivity contribution in [2.75, 3.05) is 12.4 Å². The van der Waals surface area contributed by atoms with Crippen LogP contribution in [-0.4, -0.2) is 32.5 Å². The third-order valence-corrected chi connectivity index (χ3v) is 6.32. The van der Waals surface area contributed by atoms with Crippen LogP contribution < -0.4 is 11.1 Å². The number of carbonyl (C=O) groups excluding carboxylic acids is 1. The van der Waals surface area contributed by atoms with E-state index in [1.165, 1.54) is 0 Å². The second-order valence-electron chi connectivity index (χ2n) is 8.19. The van der Waals surface area contributed by atoms with Crippen LogP contribution in [0.3, 0.4) is 0 Å². The Labute approximate surface area is 186 Å². The van der Waals surface area contributed by atoms with E-state index in [1.54, 1.807) is 12.4 Å². The lowest BCUT2D eigenvalue weighted by atomic mass is 9.98. The first-order valence-electron chi connectivity index (χ1n) is 10.7. The normalized spacial score (nSPS) is 14.2. The zero-order chi connectivity index (χ0) is 22.5. The summed E-state index contributed by atoms with van der Waals surface area (Å²) < 4.78 is 2.18. The molecular formula is C25H24N6O. The van der Waals surface area contributed by atoms with Gasteiger partial charge >= 0.3 is 0 Å². The average molecular weight is 425 g/mol. The van der Waals surface area contributed by atoms with Crippen LogP contribution >= 0.6 is 0 Å². The van der Waals surface area contributed by atoms with Gasteiger partial charge in [0.25, 0.3) is 0 Å². The maximum atomic E-state index is 12.0. The molecule has 0 atom stereocenters. The lowest BCUT2D eigenvalue weighted by molar-refractivity contribution is -0.120. The Morgan fingerprint density at radius 2 is 2.00 bits per heavy atom. The maximum Gasteiger partial charge on any atom is 0.229 e. The number of aromatic nitrogens is 4. The molecule has 0 saturated heterocycles. The number of amides is 1. The fraction of sp³-hybridized carbons (Fsp3) is 0.280. The summed E-state index contributed by atoms with van der Waals surface area (Å²) in [7, 11) is 1.82. The molecule has 7 heteroatoms. The summed E-state index contributed by atoms with van der Waals surface area (Å²) in [5, 5.41) is 4.87. The Bertz CT molecular complexity index is 1450. The quantitative estimate of drug-likeness (QED) is 0.490. The van der Waals surface area contributed by atoms with E-state index in [1.807, 2.05) is 32.2 Å². The first-order valence-corrected chi connectivity index (χ1v) is 10.7. The van der Waals surface area contributed by atoms with Crippen molar-refractivity contribution in [1.29, 1.82) is 0 Å². The number of rotatable bonds is 4. The average Bonchev–Trinajstić information content (AvgIpc) is 3.55. The van der Waals surface area contributed by atoms with E-state index in [0.717, 1.165) is 64.0 Å². The van der Waals surface area contributed by atoms with Gasteiger partial charge in [-0.05, 0) is 51.0 Å². The minimum Gasteiger partial charge on any atom is -0.373 e. The molecule has 0 radical (unpaired) electrons. The number of hydrogen-bond acceptors (Lipinski definition) is 5. The summed E-state index contributed by atoms with van der Waals surface area (Å²) in [4.78, 5) is 25.7. The topological polar surface area (TPSA) is 98.7 Å². The summed E-state index contributed by atoms with van der Waals surface area (Å²) >= 11 is 0. The standard InChI is InChI=1S/C25H24N6O/c1-4-31-15(2)30-20-8-6-16(11-21(20)31)5-7-17-13-29-23(27-3)19-14-28-22(12-18(17)19)25(9-10-25)24(26)32/h6,8,11-14H,4,9-10H2,1-3H3,(H2,26,32)(H,27,29). The van der Waals surface area contributed by atoms with Gasteiger partial charge in [0.2, 0.25) is 5.91 Å². The Hall–Kier alpha value is -3.92. The summed E-state index contributed by atoms with van der Waals surface area (Å²) in [6, 6.07) is 8.00. The largest absolute Gasteiger partial charge is 0.373 e. The van der Waals surface area contributed by atoms with Gasteiger partial charge in [-0.2, -0.15) is 0 Å². The Balaban J connectivity index is 1.63. The van der Waals surface area contributed by atoms with E-state index in [0.29, 0.717) is 5.69 Å². The second kappa shape index (κ2) is 7.34. The third-order valence-electron chi connectivity index (χ3n) is 6.32. The lowest BCUT2D eigenvalue weighted by Gasteiger charge is -2.13. The van der Waals surface area contributed by atoms with E-state index in [4.69, 9.17) is 5.73 Å². The van der Waals surface area contributed by atoms with Crippen LogP contribution in [0.15, 0.2) is 36.7 Å². The van der Waals surface area contributed by atoms with Gasteiger partial charge in [-0.15, -0.1) is 0 Å². The minimum absolute atomic E-state index is 0.323. The third kappa shape index (κ3) is 3.07. The highest BCUT2D eigenvalue weighted by molar-refractivity contribution is 5.97. The molecule has 3 heterocycles. The number of nitrogens with zero attached hydrogens (tertiary/aromatic N) is 4. The van der Waals surface area contributed by atoms with Gasteiger partial charge in [0.1, 0.15) is 11.6 Å². The van der Waals surface area contributed by atoms with E-state index < -0.39 is 5.41 Å². The first-order chi connectivity index (χ1) is 15.5. The zero-order valence-corrected chi connectivity index (χ0v) is 18.4. The van der Waals surface area contributed by atoms with Crippen molar-refractivity contribution in [2.24, 2.45) is 5.73 Å². The molecule has 1 aromatic carbocycles. The number of imidazole rings is 1. The molecule has 1 fully saturated rings. The number of hydrogen-bond donors (Lipinski definition) is 2. The number of primary amides is 1. The molecule has 0 aliphatic heterocycles. The van der Waals surface area contributed by atoms with Gasteiger partial charge in [0.05, 0.1) is 27.7 Å². The van der Waals surface area contributed by atoms with Crippen LogP contribution in [0.4, 0.5) is 5.82 Å². The molecule has 3 aromatic heterocycles. The van der Waals surface area contributed by atoms with Gasteiger partial charge in [-0.1, -0.05) is 11.8 Å². The second-order valence-corrected chi connectivity index (χ2v) is 8.19. The van der Waals surface area contributed by atoms with E-state index in [9.17, 15) is 4.79 Å². The fourth-order valence-corrected chi connectivity index (χ4v) is 4.31. The number of anilines is 1. The predicted octanol–water partition coefficient (Wildman–Crippen LogP) is 3.27. The molecule has 0 spiro atoms. The molecule has 1 aliphatic carbocycles. The highest BCUT2D eigenvalue weighted by Gasteiger charge is 2.51. The van der Waals surface area contributed by atoms with Crippen molar-refractivity contribution < 1.29 is 4.79 Å². The van der Waals surface area contributed by atoms with Gasteiger partial charge in [0.15, 0.2) is 0 Å². The molecule has 0 bridgehead atoms. The van der Waals surface area contributed by atoms with E-state index in [-0.39, 0.29) is 5.91 Å². The first kappa shape index (κ1) is 20.0.